The van der Waals surface area contributed by atoms with Crippen molar-refractivity contribution in [3.8, 4) is 11.5 Å². The minimum Gasteiger partial charge on any atom is -0.486 e. The molecule has 0 radical (unpaired) electrons. The lowest BCUT2D eigenvalue weighted by molar-refractivity contribution is 0.0745. The third-order valence-electron chi connectivity index (χ3n) is 4.54. The molecule has 0 saturated carbocycles. The lowest BCUT2D eigenvalue weighted by Gasteiger charge is -2.26. The Hall–Kier alpha value is -3.36. The van der Waals surface area contributed by atoms with Crippen molar-refractivity contribution >= 4 is 5.91 Å². The van der Waals surface area contributed by atoms with E-state index in [2.05, 4.69) is 15.4 Å². The van der Waals surface area contributed by atoms with Gasteiger partial charge >= 0.3 is 0 Å². The lowest BCUT2D eigenvalue weighted by atomic mass is 10.2. The molecule has 0 fully saturated rings. The molecule has 0 spiro atoms. The molecule has 146 valence electrons. The molecule has 0 bridgehead atoms. The number of hydrogen-bond acceptors (Lipinski definition) is 6. The Morgan fingerprint density at radius 2 is 2.11 bits per heavy atom. The van der Waals surface area contributed by atoms with E-state index in [0.717, 1.165) is 5.75 Å². The Labute approximate surface area is 162 Å². The first-order chi connectivity index (χ1) is 13.7. The lowest BCUT2D eigenvalue weighted by Crippen LogP contribution is -2.34. The molecule has 9 heteroatoms. The molecule has 0 unspecified atom stereocenters. The van der Waals surface area contributed by atoms with Crippen LogP contribution >= 0.6 is 0 Å². The highest BCUT2D eigenvalue weighted by Gasteiger charge is 2.23. The van der Waals surface area contributed by atoms with Crippen LogP contribution in [0.25, 0.3) is 0 Å². The zero-order chi connectivity index (χ0) is 19.3. The van der Waals surface area contributed by atoms with Crippen LogP contribution < -0.4 is 9.47 Å². The fraction of sp³-hybridized carbons (Fsp3) is 0.368. The summed E-state index contributed by atoms with van der Waals surface area (Å²) in [5, 5.41) is 12.3. The van der Waals surface area contributed by atoms with Crippen molar-refractivity contribution in [2.45, 2.75) is 26.1 Å². The average molecular weight is 382 g/mol. The molecule has 0 saturated heterocycles. The molecule has 1 aliphatic heterocycles. The van der Waals surface area contributed by atoms with Crippen LogP contribution in [0, 0.1) is 0 Å². The second-order valence-corrected chi connectivity index (χ2v) is 6.48. The van der Waals surface area contributed by atoms with Gasteiger partial charge < -0.3 is 14.4 Å². The van der Waals surface area contributed by atoms with E-state index in [4.69, 9.17) is 9.47 Å². The maximum atomic E-state index is 12.7. The van der Waals surface area contributed by atoms with Gasteiger partial charge in [0, 0.05) is 25.5 Å². The molecule has 0 N–H and O–H groups in total. The molecular weight excluding hydrogens is 360 g/mol. The Balaban J connectivity index is 1.36. The van der Waals surface area contributed by atoms with Gasteiger partial charge in [-0.15, -0.1) is 5.10 Å². The van der Waals surface area contributed by atoms with Gasteiger partial charge in [0.15, 0.2) is 23.3 Å². The summed E-state index contributed by atoms with van der Waals surface area (Å²) in [4.78, 5) is 14.5. The Morgan fingerprint density at radius 1 is 1.25 bits per heavy atom. The van der Waals surface area contributed by atoms with Gasteiger partial charge in [0.05, 0.1) is 19.3 Å². The monoisotopic (exact) mass is 382 g/mol. The number of carbonyl (C=O) groups is 1. The average Bonchev–Trinajstić information content (AvgIpc) is 3.40. The zero-order valence-electron chi connectivity index (χ0n) is 15.6. The Morgan fingerprint density at radius 3 is 2.89 bits per heavy atom. The second-order valence-electron chi connectivity index (χ2n) is 6.48. The minimum absolute atomic E-state index is 0.146. The molecule has 1 atom stereocenters. The number of fused-ring (bicyclic) bond motifs is 1. The quantitative estimate of drug-likeness (QED) is 0.615. The van der Waals surface area contributed by atoms with Crippen LogP contribution in [0.4, 0.5) is 0 Å². The van der Waals surface area contributed by atoms with Crippen molar-refractivity contribution < 1.29 is 14.3 Å². The van der Waals surface area contributed by atoms with Crippen LogP contribution in [-0.4, -0.2) is 61.4 Å². The largest absolute Gasteiger partial charge is 0.486 e. The highest BCUT2D eigenvalue weighted by Crippen LogP contribution is 2.31. The van der Waals surface area contributed by atoms with E-state index < -0.39 is 0 Å². The first kappa shape index (κ1) is 18.0. The molecule has 2 aromatic heterocycles. The molecule has 4 rings (SSSR count). The predicted octanol–water partition coefficient (Wildman–Crippen LogP) is 1.48. The zero-order valence-corrected chi connectivity index (χ0v) is 15.6. The Bertz CT molecular complexity index is 923. The number of amides is 1. The Kier molecular flexibility index (Phi) is 5.22. The molecule has 1 aromatic carbocycles. The molecule has 28 heavy (non-hydrogen) atoms. The van der Waals surface area contributed by atoms with Crippen LogP contribution in [-0.2, 0) is 13.1 Å². The number of ether oxygens (including phenoxy) is 2. The summed E-state index contributed by atoms with van der Waals surface area (Å²) in [6, 6.07) is 9.42. The number of hydrogen-bond donors (Lipinski definition) is 0. The maximum Gasteiger partial charge on any atom is 0.276 e. The fourth-order valence-electron chi connectivity index (χ4n) is 3.07. The van der Waals surface area contributed by atoms with Crippen molar-refractivity contribution in [3.63, 3.8) is 0 Å². The molecule has 3 heterocycles. The fourth-order valence-corrected chi connectivity index (χ4v) is 3.07. The first-order valence-electron chi connectivity index (χ1n) is 9.28. The van der Waals surface area contributed by atoms with Gasteiger partial charge in [0.2, 0.25) is 0 Å². The smallest absolute Gasteiger partial charge is 0.276 e. The van der Waals surface area contributed by atoms with Crippen molar-refractivity contribution in [1.82, 2.24) is 29.7 Å². The van der Waals surface area contributed by atoms with Crippen LogP contribution in [0.15, 0.2) is 48.9 Å². The molecule has 3 aromatic rings. The van der Waals surface area contributed by atoms with E-state index in [1.807, 2.05) is 43.5 Å². The van der Waals surface area contributed by atoms with Gasteiger partial charge in [-0.2, -0.15) is 5.10 Å². The maximum absolute atomic E-state index is 12.7. The van der Waals surface area contributed by atoms with Crippen LogP contribution in [0.1, 0.15) is 17.4 Å². The van der Waals surface area contributed by atoms with E-state index in [0.29, 0.717) is 44.2 Å². The van der Waals surface area contributed by atoms with Gasteiger partial charge in [0.25, 0.3) is 5.91 Å². The third-order valence-corrected chi connectivity index (χ3v) is 4.54. The van der Waals surface area contributed by atoms with E-state index in [-0.39, 0.29) is 12.0 Å². The molecule has 1 amide bonds. The van der Waals surface area contributed by atoms with Crippen LogP contribution in [0.3, 0.4) is 0 Å². The van der Waals surface area contributed by atoms with Gasteiger partial charge in [-0.3, -0.25) is 9.48 Å². The summed E-state index contributed by atoms with van der Waals surface area (Å²) in [6.45, 7) is 4.59. The number of nitrogens with zero attached hydrogens (tertiary/aromatic N) is 6. The summed E-state index contributed by atoms with van der Waals surface area (Å²) < 4.78 is 15.1. The highest BCUT2D eigenvalue weighted by atomic mass is 16.6. The van der Waals surface area contributed by atoms with Crippen molar-refractivity contribution in [1.29, 1.82) is 0 Å². The summed E-state index contributed by atoms with van der Waals surface area (Å²) in [6.07, 6.45) is 5.06. The van der Waals surface area contributed by atoms with E-state index in [1.165, 1.54) is 0 Å². The van der Waals surface area contributed by atoms with Gasteiger partial charge in [-0.25, -0.2) is 4.68 Å². The molecular formula is C19H22N6O3. The highest BCUT2D eigenvalue weighted by molar-refractivity contribution is 5.91. The summed E-state index contributed by atoms with van der Waals surface area (Å²) >= 11 is 0. The van der Waals surface area contributed by atoms with Gasteiger partial charge in [0.1, 0.15) is 6.61 Å². The van der Waals surface area contributed by atoms with Crippen LogP contribution in [0.2, 0.25) is 0 Å². The summed E-state index contributed by atoms with van der Waals surface area (Å²) in [5.74, 6) is 1.31. The minimum atomic E-state index is -0.193. The standard InChI is InChI=1S/C19H22N6O3/c1-2-23(10-11-24-9-5-8-20-24)19(26)16-13-25(22-21-16)12-15-14-27-17-6-3-4-7-18(17)28-15/h3-9,13,15H,2,10-12,14H2,1H3/t15-/m1/s1. The normalized spacial score (nSPS) is 15.4. The number of rotatable bonds is 7. The topological polar surface area (TPSA) is 87.3 Å². The molecule has 9 nitrogen and oxygen atoms in total. The number of benzene rings is 1. The predicted molar refractivity (Wildman–Crippen MR) is 100 cm³/mol. The van der Waals surface area contributed by atoms with E-state index in [1.54, 1.807) is 26.7 Å². The summed E-state index contributed by atoms with van der Waals surface area (Å²) in [7, 11) is 0. The van der Waals surface area contributed by atoms with Gasteiger partial charge in [-0.1, -0.05) is 17.3 Å². The van der Waals surface area contributed by atoms with Gasteiger partial charge in [-0.05, 0) is 25.1 Å². The van der Waals surface area contributed by atoms with Crippen LogP contribution in [0.5, 0.6) is 11.5 Å². The van der Waals surface area contributed by atoms with Crippen molar-refractivity contribution in [2.75, 3.05) is 19.7 Å². The molecule has 1 aliphatic rings. The van der Waals surface area contributed by atoms with Crippen molar-refractivity contribution in [2.24, 2.45) is 0 Å². The third kappa shape index (κ3) is 3.98. The summed E-state index contributed by atoms with van der Waals surface area (Å²) in [5.41, 5.74) is 0.319. The number of para-hydroxylation sites is 2. The molecule has 0 aliphatic carbocycles. The van der Waals surface area contributed by atoms with E-state index >= 15 is 0 Å². The first-order valence-corrected chi connectivity index (χ1v) is 9.28. The second kappa shape index (κ2) is 8.12. The number of likely N-dealkylation sites (N-methyl/N-ethyl adjacent to an activating group) is 1. The number of aromatic nitrogens is 5. The van der Waals surface area contributed by atoms with Crippen molar-refractivity contribution in [3.05, 3.63) is 54.6 Å². The van der Waals surface area contributed by atoms with E-state index in [9.17, 15) is 4.79 Å². The SMILES string of the molecule is CCN(CCn1cccn1)C(=O)c1cn(C[C@@H]2COc3ccccc3O2)nn1. The number of carbonyl (C=O) groups excluding carboxylic acids is 1.